The Bertz CT molecular complexity index is 741. The minimum absolute atomic E-state index is 0.0663. The number of methoxy groups -OCH3 is 4. The van der Waals surface area contributed by atoms with E-state index < -0.39 is 0 Å². The average Bonchev–Trinajstić information content (AvgIpc) is 2.61. The number of benzene rings is 2. The third-order valence-electron chi connectivity index (χ3n) is 3.64. The molecule has 0 spiro atoms. The van der Waals surface area contributed by atoms with Crippen LogP contribution in [0.2, 0.25) is 0 Å². The zero-order chi connectivity index (χ0) is 17.9. The van der Waals surface area contributed by atoms with Crippen molar-refractivity contribution < 1.29 is 29.2 Å². The Morgan fingerprint density at radius 2 is 1.29 bits per heavy atom. The lowest BCUT2D eigenvalue weighted by Gasteiger charge is -2.16. The van der Waals surface area contributed by atoms with Crippen LogP contribution in [0.5, 0.6) is 34.5 Å². The van der Waals surface area contributed by atoms with Gasteiger partial charge < -0.3 is 29.2 Å². The van der Waals surface area contributed by atoms with Crippen LogP contribution < -0.4 is 18.9 Å². The normalized spacial score (nSPS) is 10.2. The van der Waals surface area contributed by atoms with Crippen LogP contribution in [-0.4, -0.2) is 38.7 Å². The summed E-state index contributed by atoms with van der Waals surface area (Å²) in [6.45, 7) is 4.00. The highest BCUT2D eigenvalue weighted by molar-refractivity contribution is 5.84. The highest BCUT2D eigenvalue weighted by Crippen LogP contribution is 2.43. The second kappa shape index (κ2) is 7.04. The molecule has 2 rings (SSSR count). The second-order valence-corrected chi connectivity index (χ2v) is 4.93. The van der Waals surface area contributed by atoms with E-state index in [4.69, 9.17) is 18.9 Å². The summed E-state index contributed by atoms with van der Waals surface area (Å²) < 4.78 is 20.9. The molecule has 6 nitrogen and oxygen atoms in total. The molecule has 2 aromatic carbocycles. The van der Waals surface area contributed by atoms with E-state index in [2.05, 4.69) is 6.58 Å². The first kappa shape index (κ1) is 17.3. The predicted molar refractivity (Wildman–Crippen MR) is 90.6 cm³/mol. The Morgan fingerprint density at radius 1 is 0.750 bits per heavy atom. The van der Waals surface area contributed by atoms with Crippen LogP contribution in [0.4, 0.5) is 0 Å². The summed E-state index contributed by atoms with van der Waals surface area (Å²) in [6.07, 6.45) is 0. The van der Waals surface area contributed by atoms with Crippen LogP contribution in [0.25, 0.3) is 5.57 Å². The Hall–Kier alpha value is -3.02. The molecular formula is C18H20O6. The highest BCUT2D eigenvalue weighted by Gasteiger charge is 2.18. The minimum Gasteiger partial charge on any atom is -0.507 e. The number of aromatic hydroxyl groups is 2. The van der Waals surface area contributed by atoms with Gasteiger partial charge in [0.15, 0.2) is 23.0 Å². The van der Waals surface area contributed by atoms with Crippen LogP contribution in [-0.2, 0) is 0 Å². The highest BCUT2D eigenvalue weighted by atomic mass is 16.5. The molecule has 0 aliphatic carbocycles. The molecule has 0 heterocycles. The van der Waals surface area contributed by atoms with Gasteiger partial charge in [0.1, 0.15) is 5.75 Å². The summed E-state index contributed by atoms with van der Waals surface area (Å²) in [5.74, 6) is 1.39. The number of phenolic OH excluding ortho intramolecular Hbond substituents is 2. The molecule has 0 aliphatic rings. The van der Waals surface area contributed by atoms with Crippen LogP contribution >= 0.6 is 0 Å². The maximum atomic E-state index is 10.2. The Kier molecular flexibility index (Phi) is 5.08. The lowest BCUT2D eigenvalue weighted by molar-refractivity contribution is 0.324. The minimum atomic E-state index is -0.0982. The quantitative estimate of drug-likeness (QED) is 0.791. The molecule has 0 unspecified atom stereocenters. The molecular weight excluding hydrogens is 312 g/mol. The van der Waals surface area contributed by atoms with E-state index >= 15 is 0 Å². The van der Waals surface area contributed by atoms with Gasteiger partial charge in [0, 0.05) is 11.6 Å². The van der Waals surface area contributed by atoms with Gasteiger partial charge in [-0.1, -0.05) is 6.58 Å². The van der Waals surface area contributed by atoms with Crippen molar-refractivity contribution in [2.75, 3.05) is 28.4 Å². The fourth-order valence-corrected chi connectivity index (χ4v) is 2.37. The van der Waals surface area contributed by atoms with E-state index in [1.165, 1.54) is 40.6 Å². The molecule has 0 saturated heterocycles. The third-order valence-corrected chi connectivity index (χ3v) is 3.64. The molecule has 2 aromatic rings. The number of phenols is 2. The van der Waals surface area contributed by atoms with Gasteiger partial charge >= 0.3 is 0 Å². The van der Waals surface area contributed by atoms with Gasteiger partial charge in [-0.25, -0.2) is 0 Å². The first-order valence-electron chi connectivity index (χ1n) is 7.06. The van der Waals surface area contributed by atoms with Gasteiger partial charge in [-0.3, -0.25) is 0 Å². The van der Waals surface area contributed by atoms with Crippen molar-refractivity contribution >= 4 is 5.57 Å². The van der Waals surface area contributed by atoms with Crippen molar-refractivity contribution in [2.24, 2.45) is 0 Å². The topological polar surface area (TPSA) is 77.4 Å². The van der Waals surface area contributed by atoms with Crippen molar-refractivity contribution in [3.63, 3.8) is 0 Å². The zero-order valence-electron chi connectivity index (χ0n) is 14.0. The molecule has 0 fully saturated rings. The van der Waals surface area contributed by atoms with Crippen LogP contribution in [0, 0.1) is 0 Å². The molecule has 0 amide bonds. The van der Waals surface area contributed by atoms with Crippen LogP contribution in [0.3, 0.4) is 0 Å². The van der Waals surface area contributed by atoms with Gasteiger partial charge in [-0.15, -0.1) is 0 Å². The molecule has 2 N–H and O–H groups in total. The van der Waals surface area contributed by atoms with E-state index in [9.17, 15) is 10.2 Å². The van der Waals surface area contributed by atoms with Crippen molar-refractivity contribution in [3.8, 4) is 34.5 Å². The van der Waals surface area contributed by atoms with Crippen molar-refractivity contribution in [2.45, 2.75) is 0 Å². The van der Waals surface area contributed by atoms with Crippen LogP contribution in [0.15, 0.2) is 30.8 Å². The zero-order valence-corrected chi connectivity index (χ0v) is 14.0. The van der Waals surface area contributed by atoms with E-state index in [1.54, 1.807) is 12.1 Å². The van der Waals surface area contributed by atoms with E-state index in [1.807, 2.05) is 0 Å². The first-order chi connectivity index (χ1) is 11.5. The molecule has 0 aromatic heterocycles. The fraction of sp³-hybridized carbons (Fsp3) is 0.222. The summed E-state index contributed by atoms with van der Waals surface area (Å²) >= 11 is 0. The summed E-state index contributed by atoms with van der Waals surface area (Å²) in [6, 6.07) is 6.14. The Labute approximate surface area is 140 Å². The number of ether oxygens (including phenoxy) is 4. The predicted octanol–water partition coefficient (Wildman–Crippen LogP) is 3.19. The lowest BCUT2D eigenvalue weighted by atomic mass is 9.97. The Balaban J connectivity index is 2.56. The largest absolute Gasteiger partial charge is 0.507 e. The van der Waals surface area contributed by atoms with Gasteiger partial charge in [0.05, 0.1) is 28.4 Å². The molecule has 128 valence electrons. The summed E-state index contributed by atoms with van der Waals surface area (Å²) in [5, 5.41) is 20.1. The van der Waals surface area contributed by atoms with Crippen molar-refractivity contribution in [1.82, 2.24) is 0 Å². The van der Waals surface area contributed by atoms with Gasteiger partial charge in [0.2, 0.25) is 5.75 Å². The van der Waals surface area contributed by atoms with Gasteiger partial charge in [-0.05, 0) is 29.3 Å². The van der Waals surface area contributed by atoms with Crippen LogP contribution in [0.1, 0.15) is 11.1 Å². The summed E-state index contributed by atoms with van der Waals surface area (Å²) in [5.41, 5.74) is 1.48. The van der Waals surface area contributed by atoms with E-state index in [0.29, 0.717) is 33.9 Å². The maximum absolute atomic E-state index is 10.2. The molecule has 24 heavy (non-hydrogen) atoms. The van der Waals surface area contributed by atoms with E-state index in [0.717, 1.165) is 0 Å². The summed E-state index contributed by atoms with van der Waals surface area (Å²) in [4.78, 5) is 0. The molecule has 0 bridgehead atoms. The SMILES string of the molecule is C=C(c1cc(OC)c(OC)c(OC)c1)c1cc(O)c(OC)cc1O. The average molecular weight is 332 g/mol. The number of hydrogen-bond acceptors (Lipinski definition) is 6. The summed E-state index contributed by atoms with van der Waals surface area (Å²) in [7, 11) is 5.95. The Morgan fingerprint density at radius 3 is 1.75 bits per heavy atom. The monoisotopic (exact) mass is 332 g/mol. The fourth-order valence-electron chi connectivity index (χ4n) is 2.37. The second-order valence-electron chi connectivity index (χ2n) is 4.93. The lowest BCUT2D eigenvalue weighted by Crippen LogP contribution is -1.97. The molecule has 0 radical (unpaired) electrons. The smallest absolute Gasteiger partial charge is 0.203 e. The molecule has 0 aliphatic heterocycles. The molecule has 0 atom stereocenters. The molecule has 0 saturated carbocycles. The van der Waals surface area contributed by atoms with Gasteiger partial charge in [0.25, 0.3) is 0 Å². The first-order valence-corrected chi connectivity index (χ1v) is 7.06. The maximum Gasteiger partial charge on any atom is 0.203 e. The number of hydrogen-bond donors (Lipinski definition) is 2. The van der Waals surface area contributed by atoms with Crippen molar-refractivity contribution in [3.05, 3.63) is 42.0 Å². The standard InChI is InChI=1S/C18H20O6/c1-10(12-8-14(20)15(21-2)9-13(12)19)11-6-16(22-3)18(24-5)17(7-11)23-4/h6-9,19-20H,1H2,2-5H3. The third kappa shape index (κ3) is 3.03. The van der Waals surface area contributed by atoms with Crippen molar-refractivity contribution in [1.29, 1.82) is 0 Å². The van der Waals surface area contributed by atoms with E-state index in [-0.39, 0.29) is 17.2 Å². The van der Waals surface area contributed by atoms with Gasteiger partial charge in [-0.2, -0.15) is 0 Å². The molecule has 6 heteroatoms. The number of rotatable bonds is 6.